The highest BCUT2D eigenvalue weighted by atomic mass is 35.5. The predicted octanol–water partition coefficient (Wildman–Crippen LogP) is 2.73. The lowest BCUT2D eigenvalue weighted by molar-refractivity contribution is 0.404. The van der Waals surface area contributed by atoms with Crippen molar-refractivity contribution in [3.05, 3.63) is 44.9 Å². The molecule has 1 heterocycles. The molecule has 0 saturated heterocycles. The number of nitrogens with one attached hydrogen (secondary N) is 1. The average molecular weight is 312 g/mol. The number of hydrazine groups is 1. The van der Waals surface area contributed by atoms with Gasteiger partial charge >= 0.3 is 0 Å². The summed E-state index contributed by atoms with van der Waals surface area (Å²) in [5.74, 6) is 6.48. The monoisotopic (exact) mass is 311 g/mol. The van der Waals surface area contributed by atoms with Crippen molar-refractivity contribution < 1.29 is 4.74 Å². The normalized spacial score (nSPS) is 12.4. The van der Waals surface area contributed by atoms with Gasteiger partial charge in [-0.15, -0.1) is 11.3 Å². The SMILES string of the molecule is COc1ccc(Cl)cc1CC(Cc1csc(C)n1)NN. The van der Waals surface area contributed by atoms with Crippen LogP contribution in [0, 0.1) is 6.92 Å². The minimum Gasteiger partial charge on any atom is -0.496 e. The van der Waals surface area contributed by atoms with Gasteiger partial charge in [0.15, 0.2) is 0 Å². The number of aromatic nitrogens is 1. The van der Waals surface area contributed by atoms with Crippen molar-refractivity contribution in [2.24, 2.45) is 5.84 Å². The number of nitrogens with two attached hydrogens (primary N) is 1. The first-order valence-electron chi connectivity index (χ1n) is 6.32. The van der Waals surface area contributed by atoms with Crippen LogP contribution in [0.25, 0.3) is 0 Å². The van der Waals surface area contributed by atoms with E-state index in [1.807, 2.05) is 25.1 Å². The van der Waals surface area contributed by atoms with Crippen molar-refractivity contribution in [2.75, 3.05) is 7.11 Å². The van der Waals surface area contributed by atoms with Crippen molar-refractivity contribution in [2.45, 2.75) is 25.8 Å². The van der Waals surface area contributed by atoms with E-state index in [2.05, 4.69) is 15.8 Å². The molecular formula is C14H18ClN3OS. The molecule has 6 heteroatoms. The molecule has 0 radical (unpaired) electrons. The second kappa shape index (κ2) is 7.04. The molecule has 0 saturated carbocycles. The van der Waals surface area contributed by atoms with Gasteiger partial charge in [0.25, 0.3) is 0 Å². The summed E-state index contributed by atoms with van der Waals surface area (Å²) in [6.07, 6.45) is 1.51. The number of benzene rings is 1. The molecule has 4 nitrogen and oxygen atoms in total. The van der Waals surface area contributed by atoms with Gasteiger partial charge in [-0.1, -0.05) is 11.6 Å². The lowest BCUT2D eigenvalue weighted by atomic mass is 10.0. The number of methoxy groups -OCH3 is 1. The number of nitrogens with zero attached hydrogens (tertiary/aromatic N) is 1. The summed E-state index contributed by atoms with van der Waals surface area (Å²) in [5.41, 5.74) is 4.93. The van der Waals surface area contributed by atoms with E-state index in [9.17, 15) is 0 Å². The Labute approximate surface area is 127 Å². The Morgan fingerprint density at radius 1 is 1.45 bits per heavy atom. The maximum absolute atomic E-state index is 6.05. The third kappa shape index (κ3) is 3.93. The van der Waals surface area contributed by atoms with Gasteiger partial charge in [0.1, 0.15) is 5.75 Å². The molecule has 1 unspecified atom stereocenters. The number of thiazole rings is 1. The topological polar surface area (TPSA) is 60.2 Å². The second-order valence-electron chi connectivity index (χ2n) is 4.59. The Morgan fingerprint density at radius 3 is 2.85 bits per heavy atom. The van der Waals surface area contributed by atoms with Crippen LogP contribution in [0.5, 0.6) is 5.75 Å². The number of halogens is 1. The maximum atomic E-state index is 6.05. The molecule has 0 aliphatic carbocycles. The molecule has 0 aliphatic heterocycles. The lowest BCUT2D eigenvalue weighted by Crippen LogP contribution is -2.38. The molecule has 1 aromatic heterocycles. The molecule has 0 aliphatic rings. The minimum atomic E-state index is 0.0869. The summed E-state index contributed by atoms with van der Waals surface area (Å²) in [7, 11) is 1.65. The van der Waals surface area contributed by atoms with E-state index < -0.39 is 0 Å². The third-order valence-electron chi connectivity index (χ3n) is 3.07. The number of aryl methyl sites for hydroxylation is 1. The van der Waals surface area contributed by atoms with Gasteiger partial charge in [-0.05, 0) is 37.1 Å². The van der Waals surface area contributed by atoms with Crippen LogP contribution in [0.3, 0.4) is 0 Å². The quantitative estimate of drug-likeness (QED) is 0.636. The Morgan fingerprint density at radius 2 is 2.25 bits per heavy atom. The smallest absolute Gasteiger partial charge is 0.122 e. The minimum absolute atomic E-state index is 0.0869. The molecule has 2 rings (SSSR count). The molecule has 0 bridgehead atoms. The summed E-state index contributed by atoms with van der Waals surface area (Å²) >= 11 is 7.69. The summed E-state index contributed by atoms with van der Waals surface area (Å²) in [4.78, 5) is 4.47. The summed E-state index contributed by atoms with van der Waals surface area (Å²) < 4.78 is 5.36. The van der Waals surface area contributed by atoms with Crippen molar-refractivity contribution >= 4 is 22.9 Å². The van der Waals surface area contributed by atoms with Gasteiger partial charge in [0.05, 0.1) is 17.8 Å². The van der Waals surface area contributed by atoms with Crippen LogP contribution >= 0.6 is 22.9 Å². The number of hydrogen-bond donors (Lipinski definition) is 2. The maximum Gasteiger partial charge on any atom is 0.122 e. The van der Waals surface area contributed by atoms with E-state index >= 15 is 0 Å². The van der Waals surface area contributed by atoms with E-state index in [-0.39, 0.29) is 6.04 Å². The van der Waals surface area contributed by atoms with E-state index in [1.54, 1.807) is 18.4 Å². The van der Waals surface area contributed by atoms with Crippen molar-refractivity contribution in [3.8, 4) is 5.75 Å². The summed E-state index contributed by atoms with van der Waals surface area (Å²) in [5, 5.41) is 3.83. The molecule has 1 aromatic carbocycles. The van der Waals surface area contributed by atoms with E-state index in [4.69, 9.17) is 22.2 Å². The van der Waals surface area contributed by atoms with Crippen LogP contribution in [0.1, 0.15) is 16.3 Å². The van der Waals surface area contributed by atoms with Crippen LogP contribution in [-0.2, 0) is 12.8 Å². The first-order chi connectivity index (χ1) is 9.62. The van der Waals surface area contributed by atoms with Crippen molar-refractivity contribution in [1.29, 1.82) is 0 Å². The van der Waals surface area contributed by atoms with E-state index in [1.165, 1.54) is 0 Å². The first kappa shape index (κ1) is 15.3. The van der Waals surface area contributed by atoms with Crippen LogP contribution in [-0.4, -0.2) is 18.1 Å². The van der Waals surface area contributed by atoms with Gasteiger partial charge < -0.3 is 4.74 Å². The standard InChI is InChI=1S/C14H18ClN3OS/c1-9-17-13(8-20-9)7-12(18-16)6-10-5-11(15)3-4-14(10)19-2/h3-5,8,12,18H,6-7,16H2,1-2H3. The largest absolute Gasteiger partial charge is 0.496 e. The van der Waals surface area contributed by atoms with Gasteiger partial charge in [-0.25, -0.2) is 4.98 Å². The highest BCUT2D eigenvalue weighted by Crippen LogP contribution is 2.24. The predicted molar refractivity (Wildman–Crippen MR) is 83.4 cm³/mol. The molecular weight excluding hydrogens is 294 g/mol. The van der Waals surface area contributed by atoms with Crippen LogP contribution in [0.4, 0.5) is 0 Å². The third-order valence-corrected chi connectivity index (χ3v) is 4.12. The molecule has 0 fully saturated rings. The molecule has 2 aromatic rings. The fourth-order valence-electron chi connectivity index (χ4n) is 2.12. The van der Waals surface area contributed by atoms with Crippen LogP contribution in [0.15, 0.2) is 23.6 Å². The fourth-order valence-corrected chi connectivity index (χ4v) is 2.94. The molecule has 1 atom stereocenters. The zero-order chi connectivity index (χ0) is 14.5. The Bertz CT molecular complexity index is 573. The van der Waals surface area contributed by atoms with Crippen molar-refractivity contribution in [3.63, 3.8) is 0 Å². The molecule has 20 heavy (non-hydrogen) atoms. The van der Waals surface area contributed by atoms with Gasteiger partial charge in [-0.3, -0.25) is 11.3 Å². The molecule has 108 valence electrons. The first-order valence-corrected chi connectivity index (χ1v) is 7.57. The zero-order valence-corrected chi connectivity index (χ0v) is 13.1. The summed E-state index contributed by atoms with van der Waals surface area (Å²) in [6, 6.07) is 5.69. The fraction of sp³-hybridized carbons (Fsp3) is 0.357. The average Bonchev–Trinajstić information content (AvgIpc) is 2.83. The second-order valence-corrected chi connectivity index (χ2v) is 6.08. The van der Waals surface area contributed by atoms with Crippen molar-refractivity contribution in [1.82, 2.24) is 10.4 Å². The van der Waals surface area contributed by atoms with Crippen LogP contribution in [0.2, 0.25) is 5.02 Å². The van der Waals surface area contributed by atoms with Gasteiger partial charge in [0, 0.05) is 22.9 Å². The lowest BCUT2D eigenvalue weighted by Gasteiger charge is -2.17. The Kier molecular flexibility index (Phi) is 5.37. The molecule has 3 N–H and O–H groups in total. The number of hydrogen-bond acceptors (Lipinski definition) is 5. The van der Waals surface area contributed by atoms with E-state index in [0.717, 1.165) is 34.9 Å². The number of ether oxygens (including phenoxy) is 1. The zero-order valence-electron chi connectivity index (χ0n) is 11.5. The molecule has 0 amide bonds. The van der Waals surface area contributed by atoms with Gasteiger partial charge in [0.2, 0.25) is 0 Å². The highest BCUT2D eigenvalue weighted by molar-refractivity contribution is 7.09. The van der Waals surface area contributed by atoms with Crippen LogP contribution < -0.4 is 16.0 Å². The summed E-state index contributed by atoms with van der Waals surface area (Å²) in [6.45, 7) is 2.00. The Balaban J connectivity index is 2.11. The number of rotatable bonds is 6. The van der Waals surface area contributed by atoms with E-state index in [0.29, 0.717) is 5.02 Å². The molecule has 0 spiro atoms. The highest BCUT2D eigenvalue weighted by Gasteiger charge is 2.14. The Hall–Kier alpha value is -1.14. The van der Waals surface area contributed by atoms with Gasteiger partial charge in [-0.2, -0.15) is 0 Å².